The lowest BCUT2D eigenvalue weighted by molar-refractivity contribution is 0.178. The Morgan fingerprint density at radius 2 is 2.10 bits per heavy atom. The van der Waals surface area contributed by atoms with Gasteiger partial charge in [0.1, 0.15) is 5.75 Å². The minimum Gasteiger partial charge on any atom is -0.495 e. The summed E-state index contributed by atoms with van der Waals surface area (Å²) in [5.74, 6) is 1.49. The molecule has 1 aliphatic rings. The largest absolute Gasteiger partial charge is 0.495 e. The third kappa shape index (κ3) is 3.45. The van der Waals surface area contributed by atoms with E-state index in [1.807, 2.05) is 12.1 Å². The summed E-state index contributed by atoms with van der Waals surface area (Å²) < 4.78 is 5.39. The Kier molecular flexibility index (Phi) is 4.23. The summed E-state index contributed by atoms with van der Waals surface area (Å²) in [4.78, 5) is 0. The summed E-state index contributed by atoms with van der Waals surface area (Å²) in [5, 5.41) is 12.6. The van der Waals surface area contributed by atoms with Crippen LogP contribution in [0.4, 0.5) is 5.69 Å². The lowest BCUT2D eigenvalue weighted by Crippen LogP contribution is -2.35. The average Bonchev–Trinajstić information content (AvgIpc) is 2.36. The predicted octanol–water partition coefficient (Wildman–Crippen LogP) is 4.19. The fourth-order valence-corrected chi connectivity index (χ4v) is 3.56. The van der Waals surface area contributed by atoms with Crippen LogP contribution in [0, 0.1) is 22.7 Å². The van der Waals surface area contributed by atoms with Crippen LogP contribution in [0.3, 0.4) is 0 Å². The van der Waals surface area contributed by atoms with Crippen molar-refractivity contribution >= 4 is 5.69 Å². The molecule has 1 saturated carbocycles. The van der Waals surface area contributed by atoms with Gasteiger partial charge in [0.15, 0.2) is 0 Å². The van der Waals surface area contributed by atoms with Crippen molar-refractivity contribution in [2.24, 2.45) is 11.3 Å². The van der Waals surface area contributed by atoms with Crippen LogP contribution >= 0.6 is 0 Å². The maximum atomic E-state index is 8.95. The standard InChI is InChI=1S/C17H24N2O/c1-12-7-14(10-17(2,3)9-12)19-15-6-5-13(11-18)8-16(15)20-4/h5-6,8,12,14,19H,7,9-10H2,1-4H3. The van der Waals surface area contributed by atoms with Crippen molar-refractivity contribution in [2.45, 2.75) is 46.1 Å². The minimum atomic E-state index is 0.384. The van der Waals surface area contributed by atoms with Crippen molar-refractivity contribution in [3.05, 3.63) is 23.8 Å². The Balaban J connectivity index is 2.15. The van der Waals surface area contributed by atoms with Crippen molar-refractivity contribution in [3.8, 4) is 11.8 Å². The number of benzene rings is 1. The Morgan fingerprint density at radius 3 is 2.70 bits per heavy atom. The summed E-state index contributed by atoms with van der Waals surface area (Å²) >= 11 is 0. The van der Waals surface area contributed by atoms with E-state index in [9.17, 15) is 0 Å². The van der Waals surface area contributed by atoms with E-state index >= 15 is 0 Å². The molecule has 0 amide bonds. The molecule has 0 aliphatic heterocycles. The molecular formula is C17H24N2O. The highest BCUT2D eigenvalue weighted by Crippen LogP contribution is 2.40. The fourth-order valence-electron chi connectivity index (χ4n) is 3.56. The van der Waals surface area contributed by atoms with Crippen molar-refractivity contribution in [1.82, 2.24) is 0 Å². The Hall–Kier alpha value is -1.69. The molecule has 20 heavy (non-hydrogen) atoms. The van der Waals surface area contributed by atoms with E-state index in [1.54, 1.807) is 13.2 Å². The Bertz CT molecular complexity index is 516. The van der Waals surface area contributed by atoms with Crippen molar-refractivity contribution in [2.75, 3.05) is 12.4 Å². The average molecular weight is 272 g/mol. The van der Waals surface area contributed by atoms with Gasteiger partial charge in [-0.15, -0.1) is 0 Å². The molecule has 108 valence electrons. The van der Waals surface area contributed by atoms with E-state index < -0.39 is 0 Å². The number of hydrogen-bond donors (Lipinski definition) is 1. The van der Waals surface area contributed by atoms with Gasteiger partial charge in [0, 0.05) is 12.1 Å². The minimum absolute atomic E-state index is 0.384. The van der Waals surface area contributed by atoms with Gasteiger partial charge in [-0.2, -0.15) is 5.26 Å². The molecule has 1 fully saturated rings. The third-order valence-electron chi connectivity index (χ3n) is 4.08. The first-order valence-corrected chi connectivity index (χ1v) is 7.28. The number of rotatable bonds is 3. The normalized spacial score (nSPS) is 24.8. The zero-order valence-electron chi connectivity index (χ0n) is 12.9. The first-order chi connectivity index (χ1) is 9.43. The number of ether oxygens (including phenoxy) is 1. The summed E-state index contributed by atoms with van der Waals surface area (Å²) in [5.41, 5.74) is 2.00. The molecule has 1 N–H and O–H groups in total. The molecule has 2 atom stereocenters. The molecule has 3 heteroatoms. The van der Waals surface area contributed by atoms with Gasteiger partial charge >= 0.3 is 0 Å². The van der Waals surface area contributed by atoms with E-state index in [0.29, 0.717) is 17.0 Å². The smallest absolute Gasteiger partial charge is 0.143 e. The van der Waals surface area contributed by atoms with Crippen LogP contribution in [0.5, 0.6) is 5.75 Å². The van der Waals surface area contributed by atoms with Gasteiger partial charge < -0.3 is 10.1 Å². The number of anilines is 1. The molecule has 0 bridgehead atoms. The van der Waals surface area contributed by atoms with E-state index in [2.05, 4.69) is 32.2 Å². The Morgan fingerprint density at radius 1 is 1.35 bits per heavy atom. The van der Waals surface area contributed by atoms with Crippen LogP contribution < -0.4 is 10.1 Å². The van der Waals surface area contributed by atoms with Crippen LogP contribution in [-0.2, 0) is 0 Å². The van der Waals surface area contributed by atoms with Gasteiger partial charge in [-0.3, -0.25) is 0 Å². The van der Waals surface area contributed by atoms with Crippen LogP contribution in [0.1, 0.15) is 45.6 Å². The highest BCUT2D eigenvalue weighted by atomic mass is 16.5. The second-order valence-electron chi connectivity index (χ2n) is 6.78. The van der Waals surface area contributed by atoms with Gasteiger partial charge in [0.25, 0.3) is 0 Å². The number of hydrogen-bond acceptors (Lipinski definition) is 3. The van der Waals surface area contributed by atoms with Crippen LogP contribution in [0.15, 0.2) is 18.2 Å². The predicted molar refractivity (Wildman–Crippen MR) is 81.9 cm³/mol. The number of nitriles is 1. The molecule has 1 aromatic carbocycles. The van der Waals surface area contributed by atoms with E-state index in [1.165, 1.54) is 19.3 Å². The summed E-state index contributed by atoms with van der Waals surface area (Å²) in [6.07, 6.45) is 3.64. The summed E-state index contributed by atoms with van der Waals surface area (Å²) in [6.45, 7) is 7.01. The van der Waals surface area contributed by atoms with E-state index in [4.69, 9.17) is 10.00 Å². The van der Waals surface area contributed by atoms with Crippen molar-refractivity contribution in [3.63, 3.8) is 0 Å². The van der Waals surface area contributed by atoms with Gasteiger partial charge in [0.05, 0.1) is 24.4 Å². The second-order valence-corrected chi connectivity index (χ2v) is 6.78. The quantitative estimate of drug-likeness (QED) is 0.897. The molecule has 1 aliphatic carbocycles. The lowest BCUT2D eigenvalue weighted by Gasteiger charge is -2.39. The maximum Gasteiger partial charge on any atom is 0.143 e. The second kappa shape index (κ2) is 5.75. The monoisotopic (exact) mass is 272 g/mol. The summed E-state index contributed by atoms with van der Waals surface area (Å²) in [6, 6.07) is 8.19. The molecule has 0 spiro atoms. The molecular weight excluding hydrogens is 248 g/mol. The van der Waals surface area contributed by atoms with Crippen LogP contribution in [-0.4, -0.2) is 13.2 Å². The maximum absolute atomic E-state index is 8.95. The topological polar surface area (TPSA) is 45.0 Å². The van der Waals surface area contributed by atoms with Gasteiger partial charge in [-0.05, 0) is 42.7 Å². The van der Waals surface area contributed by atoms with Gasteiger partial charge in [-0.1, -0.05) is 20.8 Å². The summed E-state index contributed by atoms with van der Waals surface area (Å²) in [7, 11) is 1.65. The molecule has 0 aromatic heterocycles. The third-order valence-corrected chi connectivity index (χ3v) is 4.08. The zero-order chi connectivity index (χ0) is 14.8. The zero-order valence-corrected chi connectivity index (χ0v) is 12.9. The lowest BCUT2D eigenvalue weighted by atomic mass is 9.70. The van der Waals surface area contributed by atoms with Crippen molar-refractivity contribution in [1.29, 1.82) is 5.26 Å². The SMILES string of the molecule is COc1cc(C#N)ccc1NC1CC(C)CC(C)(C)C1. The molecule has 0 heterocycles. The number of methoxy groups -OCH3 is 1. The fraction of sp³-hybridized carbons (Fsp3) is 0.588. The highest BCUT2D eigenvalue weighted by molar-refractivity contribution is 5.60. The molecule has 3 nitrogen and oxygen atoms in total. The van der Waals surface area contributed by atoms with Gasteiger partial charge in [0.2, 0.25) is 0 Å². The van der Waals surface area contributed by atoms with E-state index in [0.717, 1.165) is 17.4 Å². The van der Waals surface area contributed by atoms with Gasteiger partial charge in [-0.25, -0.2) is 0 Å². The number of nitrogens with one attached hydrogen (secondary N) is 1. The van der Waals surface area contributed by atoms with Crippen LogP contribution in [0.25, 0.3) is 0 Å². The molecule has 2 rings (SSSR count). The Labute approximate surface area is 121 Å². The first kappa shape index (κ1) is 14.7. The van der Waals surface area contributed by atoms with Crippen LogP contribution in [0.2, 0.25) is 0 Å². The molecule has 0 saturated heterocycles. The molecule has 1 aromatic rings. The molecule has 2 unspecified atom stereocenters. The van der Waals surface area contributed by atoms with E-state index in [-0.39, 0.29) is 0 Å². The number of nitrogens with zero attached hydrogens (tertiary/aromatic N) is 1. The molecule has 0 radical (unpaired) electrons. The van der Waals surface area contributed by atoms with Crippen molar-refractivity contribution < 1.29 is 4.74 Å². The first-order valence-electron chi connectivity index (χ1n) is 7.28. The highest BCUT2D eigenvalue weighted by Gasteiger charge is 2.32.